The molecular weight excluding hydrogens is 270 g/mol. The van der Waals surface area contributed by atoms with E-state index in [1.165, 1.54) is 0 Å². The van der Waals surface area contributed by atoms with E-state index in [0.717, 1.165) is 22.3 Å². The van der Waals surface area contributed by atoms with Crippen molar-refractivity contribution in [1.29, 1.82) is 0 Å². The summed E-state index contributed by atoms with van der Waals surface area (Å²) >= 11 is 6.20. The van der Waals surface area contributed by atoms with Gasteiger partial charge in [0.15, 0.2) is 0 Å². The van der Waals surface area contributed by atoms with Crippen molar-refractivity contribution in [3.63, 3.8) is 0 Å². The van der Waals surface area contributed by atoms with Gasteiger partial charge >= 0.3 is 0 Å². The van der Waals surface area contributed by atoms with Gasteiger partial charge in [-0.05, 0) is 43.0 Å². The molecule has 0 unspecified atom stereocenters. The monoisotopic (exact) mass is 283 g/mol. The van der Waals surface area contributed by atoms with E-state index in [0.29, 0.717) is 10.4 Å². The summed E-state index contributed by atoms with van der Waals surface area (Å²) in [5.41, 5.74) is 2.79. The Morgan fingerprint density at radius 3 is 2.50 bits per heavy atom. The van der Waals surface area contributed by atoms with Crippen LogP contribution in [-0.2, 0) is 0 Å². The second kappa shape index (κ2) is 4.80. The van der Waals surface area contributed by atoms with Gasteiger partial charge in [0.25, 0.3) is 5.56 Å². The first-order valence-electron chi connectivity index (χ1n) is 6.46. The summed E-state index contributed by atoms with van der Waals surface area (Å²) in [5, 5.41) is 1.95. The van der Waals surface area contributed by atoms with Gasteiger partial charge < -0.3 is 0 Å². The van der Waals surface area contributed by atoms with E-state index in [4.69, 9.17) is 11.6 Å². The van der Waals surface area contributed by atoms with Gasteiger partial charge in [0.05, 0.1) is 16.1 Å². The number of nitrogens with zero attached hydrogens (tertiary/aromatic N) is 1. The van der Waals surface area contributed by atoms with Gasteiger partial charge in [-0.1, -0.05) is 41.9 Å². The lowest BCUT2D eigenvalue weighted by Gasteiger charge is -2.14. The Morgan fingerprint density at radius 2 is 1.75 bits per heavy atom. The minimum absolute atomic E-state index is 0.0695. The molecule has 2 nitrogen and oxygen atoms in total. The van der Waals surface area contributed by atoms with E-state index >= 15 is 0 Å². The molecule has 0 aliphatic rings. The quantitative estimate of drug-likeness (QED) is 0.654. The second-order valence-corrected chi connectivity index (χ2v) is 5.32. The molecule has 3 heteroatoms. The van der Waals surface area contributed by atoms with E-state index in [1.807, 2.05) is 56.3 Å². The lowest BCUT2D eigenvalue weighted by molar-refractivity contribution is 0.940. The zero-order valence-electron chi connectivity index (χ0n) is 11.4. The maximum absolute atomic E-state index is 12.8. The van der Waals surface area contributed by atoms with Gasteiger partial charge in [0, 0.05) is 5.69 Å². The lowest BCUT2D eigenvalue weighted by Crippen LogP contribution is -2.21. The number of aromatic nitrogens is 1. The number of fused-ring (bicyclic) bond motifs is 1. The van der Waals surface area contributed by atoms with Crippen LogP contribution < -0.4 is 5.56 Å². The smallest absolute Gasteiger partial charge is 0.264 e. The molecule has 20 heavy (non-hydrogen) atoms. The van der Waals surface area contributed by atoms with E-state index < -0.39 is 0 Å². The summed E-state index contributed by atoms with van der Waals surface area (Å²) in [7, 11) is 0. The Kier molecular flexibility index (Phi) is 3.11. The van der Waals surface area contributed by atoms with Gasteiger partial charge in [0.2, 0.25) is 0 Å². The molecule has 1 aromatic heterocycles. The molecule has 0 amide bonds. The van der Waals surface area contributed by atoms with Gasteiger partial charge in [-0.2, -0.15) is 0 Å². The number of halogens is 1. The summed E-state index contributed by atoms with van der Waals surface area (Å²) in [4.78, 5) is 12.8. The highest BCUT2D eigenvalue weighted by Gasteiger charge is 2.11. The molecule has 1 heterocycles. The van der Waals surface area contributed by atoms with Crippen LogP contribution >= 0.6 is 11.6 Å². The summed E-state index contributed by atoms with van der Waals surface area (Å²) in [5.74, 6) is 0. The van der Waals surface area contributed by atoms with Crippen LogP contribution in [0.15, 0.2) is 53.3 Å². The van der Waals surface area contributed by atoms with Crippen molar-refractivity contribution in [2.24, 2.45) is 0 Å². The van der Waals surface area contributed by atoms with E-state index in [9.17, 15) is 4.79 Å². The van der Waals surface area contributed by atoms with Gasteiger partial charge in [-0.15, -0.1) is 0 Å². The maximum Gasteiger partial charge on any atom is 0.264 e. The van der Waals surface area contributed by atoms with Crippen LogP contribution in [0.25, 0.3) is 16.5 Å². The summed E-state index contributed by atoms with van der Waals surface area (Å²) in [6.07, 6.45) is 0. The largest absolute Gasteiger partial charge is 0.281 e. The lowest BCUT2D eigenvalue weighted by atomic mass is 10.1. The average Bonchev–Trinajstić information content (AvgIpc) is 2.40. The summed E-state index contributed by atoms with van der Waals surface area (Å²) in [6.45, 7) is 3.94. The Bertz CT molecular complexity index is 864. The van der Waals surface area contributed by atoms with Crippen molar-refractivity contribution in [1.82, 2.24) is 4.57 Å². The second-order valence-electron chi connectivity index (χ2n) is 4.92. The van der Waals surface area contributed by atoms with Crippen LogP contribution in [0, 0.1) is 13.8 Å². The molecule has 3 aromatic rings. The molecule has 100 valence electrons. The van der Waals surface area contributed by atoms with Crippen molar-refractivity contribution in [3.05, 3.63) is 75.2 Å². The van der Waals surface area contributed by atoms with E-state index in [-0.39, 0.29) is 5.56 Å². The SMILES string of the molecule is Cc1ccccc1-n1c(C)cc2cccc(Cl)c2c1=O. The number of hydrogen-bond acceptors (Lipinski definition) is 1. The molecule has 0 radical (unpaired) electrons. The van der Waals surface area contributed by atoms with Crippen molar-refractivity contribution in [2.45, 2.75) is 13.8 Å². The highest BCUT2D eigenvalue weighted by molar-refractivity contribution is 6.35. The van der Waals surface area contributed by atoms with Crippen LogP contribution in [0.2, 0.25) is 5.02 Å². The average molecular weight is 284 g/mol. The third-order valence-corrected chi connectivity index (χ3v) is 3.85. The third-order valence-electron chi connectivity index (χ3n) is 3.54. The fraction of sp³-hybridized carbons (Fsp3) is 0.118. The van der Waals surface area contributed by atoms with E-state index in [1.54, 1.807) is 10.6 Å². The van der Waals surface area contributed by atoms with Crippen molar-refractivity contribution in [3.8, 4) is 5.69 Å². The minimum atomic E-state index is -0.0695. The zero-order valence-corrected chi connectivity index (χ0v) is 12.1. The Labute approximate surface area is 122 Å². The van der Waals surface area contributed by atoms with Gasteiger partial charge in [-0.25, -0.2) is 0 Å². The molecule has 3 rings (SSSR count). The molecular formula is C17H14ClNO. The molecule has 0 bridgehead atoms. The standard InChI is InChI=1S/C17H14ClNO/c1-11-6-3-4-9-15(11)19-12(2)10-13-7-5-8-14(18)16(13)17(19)20/h3-10H,1-2H3. The molecule has 0 saturated heterocycles. The van der Waals surface area contributed by atoms with Crippen LogP contribution in [0.1, 0.15) is 11.3 Å². The number of hydrogen-bond donors (Lipinski definition) is 0. The van der Waals surface area contributed by atoms with E-state index in [2.05, 4.69) is 0 Å². The minimum Gasteiger partial charge on any atom is -0.281 e. The predicted octanol–water partition coefficient (Wildman–Crippen LogP) is 4.26. The number of rotatable bonds is 1. The fourth-order valence-corrected chi connectivity index (χ4v) is 2.82. The zero-order chi connectivity index (χ0) is 14.3. The Hall–Kier alpha value is -2.06. The van der Waals surface area contributed by atoms with Crippen LogP contribution in [0.3, 0.4) is 0 Å². The highest BCUT2D eigenvalue weighted by Crippen LogP contribution is 2.23. The normalized spacial score (nSPS) is 10.9. The molecule has 0 atom stereocenters. The predicted molar refractivity (Wildman–Crippen MR) is 84.0 cm³/mol. The van der Waals surface area contributed by atoms with Gasteiger partial charge in [-0.3, -0.25) is 9.36 Å². The topological polar surface area (TPSA) is 22.0 Å². The number of benzene rings is 2. The number of para-hydroxylation sites is 1. The number of pyridine rings is 1. The Morgan fingerprint density at radius 1 is 1.00 bits per heavy atom. The molecule has 0 aliphatic heterocycles. The first-order valence-corrected chi connectivity index (χ1v) is 6.84. The first kappa shape index (κ1) is 12.9. The molecule has 0 saturated carbocycles. The fourth-order valence-electron chi connectivity index (χ4n) is 2.56. The van der Waals surface area contributed by atoms with Gasteiger partial charge in [0.1, 0.15) is 0 Å². The number of aryl methyl sites for hydroxylation is 2. The Balaban J connectivity index is 2.47. The van der Waals surface area contributed by atoms with Crippen LogP contribution in [-0.4, -0.2) is 4.57 Å². The third kappa shape index (κ3) is 1.93. The van der Waals surface area contributed by atoms with Crippen molar-refractivity contribution < 1.29 is 0 Å². The molecule has 0 spiro atoms. The molecule has 2 aromatic carbocycles. The molecule has 0 aliphatic carbocycles. The maximum atomic E-state index is 12.8. The summed E-state index contributed by atoms with van der Waals surface area (Å²) in [6, 6.07) is 15.4. The van der Waals surface area contributed by atoms with Crippen molar-refractivity contribution >= 4 is 22.4 Å². The van der Waals surface area contributed by atoms with Crippen LogP contribution in [0.4, 0.5) is 0 Å². The molecule has 0 N–H and O–H groups in total. The van der Waals surface area contributed by atoms with Crippen LogP contribution in [0.5, 0.6) is 0 Å². The summed E-state index contributed by atoms with van der Waals surface area (Å²) < 4.78 is 1.73. The highest BCUT2D eigenvalue weighted by atomic mass is 35.5. The van der Waals surface area contributed by atoms with Crippen molar-refractivity contribution in [2.75, 3.05) is 0 Å². The molecule has 0 fully saturated rings. The first-order chi connectivity index (χ1) is 9.59.